The van der Waals surface area contributed by atoms with Gasteiger partial charge in [0.25, 0.3) is 0 Å². The van der Waals surface area contributed by atoms with E-state index in [0.717, 1.165) is 82.4 Å². The Labute approximate surface area is 187 Å². The number of hydrogen-bond acceptors (Lipinski definition) is 6. The van der Waals surface area contributed by atoms with Crippen molar-refractivity contribution in [1.29, 1.82) is 5.26 Å². The van der Waals surface area contributed by atoms with Crippen LogP contribution in [0.3, 0.4) is 0 Å². The molecular formula is C25H26N6O. The molecular weight excluding hydrogens is 400 g/mol. The topological polar surface area (TPSA) is 85.0 Å². The van der Waals surface area contributed by atoms with Crippen molar-refractivity contribution in [2.24, 2.45) is 0 Å². The molecule has 2 aromatic carbocycles. The minimum atomic E-state index is 0.674. The molecule has 0 unspecified atom stereocenters. The van der Waals surface area contributed by atoms with Gasteiger partial charge in [-0.3, -0.25) is 0 Å². The molecule has 1 fully saturated rings. The lowest BCUT2D eigenvalue weighted by molar-refractivity contribution is 0.311. The van der Waals surface area contributed by atoms with E-state index in [-0.39, 0.29) is 0 Å². The highest BCUT2D eigenvalue weighted by atomic mass is 16.5. The second kappa shape index (κ2) is 7.81. The minimum absolute atomic E-state index is 0.674. The molecule has 4 aromatic rings. The van der Waals surface area contributed by atoms with Crippen LogP contribution in [0.1, 0.15) is 22.6 Å². The van der Waals surface area contributed by atoms with E-state index in [0.29, 0.717) is 5.56 Å². The van der Waals surface area contributed by atoms with Gasteiger partial charge in [0.15, 0.2) is 0 Å². The number of aromatic nitrogens is 3. The molecule has 0 atom stereocenters. The van der Waals surface area contributed by atoms with Gasteiger partial charge in [0.2, 0.25) is 5.95 Å². The van der Waals surface area contributed by atoms with E-state index in [1.807, 2.05) is 32.9 Å². The van der Waals surface area contributed by atoms with Gasteiger partial charge in [-0.2, -0.15) is 5.26 Å². The molecule has 5 rings (SSSR count). The summed E-state index contributed by atoms with van der Waals surface area (Å²) in [4.78, 5) is 13.2. The van der Waals surface area contributed by atoms with Crippen molar-refractivity contribution in [3.63, 3.8) is 0 Å². The minimum Gasteiger partial charge on any atom is -0.361 e. The Morgan fingerprint density at radius 1 is 1.06 bits per heavy atom. The first-order valence-electron chi connectivity index (χ1n) is 10.9. The van der Waals surface area contributed by atoms with Crippen LogP contribution in [0.15, 0.2) is 34.9 Å². The maximum absolute atomic E-state index is 9.57. The lowest BCUT2D eigenvalue weighted by Gasteiger charge is -2.32. The number of anilines is 1. The molecule has 32 heavy (non-hydrogen) atoms. The van der Waals surface area contributed by atoms with Crippen LogP contribution < -0.4 is 4.90 Å². The zero-order valence-electron chi connectivity index (χ0n) is 18.9. The summed E-state index contributed by atoms with van der Waals surface area (Å²) < 4.78 is 5.45. The number of imidazole rings is 1. The van der Waals surface area contributed by atoms with Crippen LogP contribution in [-0.4, -0.2) is 53.3 Å². The second-order valence-corrected chi connectivity index (χ2v) is 8.56. The molecule has 0 radical (unpaired) electrons. The summed E-state index contributed by atoms with van der Waals surface area (Å²) in [6, 6.07) is 12.4. The zero-order chi connectivity index (χ0) is 22.4. The molecule has 1 saturated heterocycles. The molecule has 1 N–H and O–H groups in total. The quantitative estimate of drug-likeness (QED) is 0.522. The molecule has 3 heterocycles. The third-order valence-electron chi connectivity index (χ3n) is 6.44. The molecule has 7 nitrogen and oxygen atoms in total. The van der Waals surface area contributed by atoms with Crippen LogP contribution in [0.5, 0.6) is 0 Å². The highest BCUT2D eigenvalue weighted by Crippen LogP contribution is 2.38. The van der Waals surface area contributed by atoms with E-state index in [9.17, 15) is 5.26 Å². The molecule has 162 valence electrons. The number of hydrogen-bond donors (Lipinski definition) is 1. The number of likely N-dealkylation sites (N-methyl/N-ethyl adjacent to an activating group) is 1. The highest BCUT2D eigenvalue weighted by molar-refractivity contribution is 5.98. The van der Waals surface area contributed by atoms with Crippen molar-refractivity contribution in [1.82, 2.24) is 20.0 Å². The number of piperazine rings is 1. The van der Waals surface area contributed by atoms with Crippen molar-refractivity contribution in [2.75, 3.05) is 38.1 Å². The fourth-order valence-electron chi connectivity index (χ4n) is 4.57. The Balaban J connectivity index is 1.74. The van der Waals surface area contributed by atoms with E-state index in [1.165, 1.54) is 0 Å². The van der Waals surface area contributed by atoms with Crippen molar-refractivity contribution in [2.45, 2.75) is 20.8 Å². The Kier molecular flexibility index (Phi) is 4.95. The number of benzene rings is 2. The van der Waals surface area contributed by atoms with Gasteiger partial charge in [-0.15, -0.1) is 0 Å². The Morgan fingerprint density at radius 2 is 1.84 bits per heavy atom. The SMILES string of the molecule is Cc1noc(C)c1-c1cc(-c2cccc(C#N)c2C)c2nc(N3CCN(C)CC3)[nH]c2c1. The van der Waals surface area contributed by atoms with E-state index in [1.54, 1.807) is 0 Å². The lowest BCUT2D eigenvalue weighted by Crippen LogP contribution is -2.44. The predicted octanol–water partition coefficient (Wildman–Crippen LogP) is 4.43. The number of nitrogens with one attached hydrogen (secondary N) is 1. The number of fused-ring (bicyclic) bond motifs is 1. The monoisotopic (exact) mass is 426 g/mol. The molecule has 0 bridgehead atoms. The smallest absolute Gasteiger partial charge is 0.203 e. The molecule has 1 aliphatic heterocycles. The third-order valence-corrected chi connectivity index (χ3v) is 6.44. The van der Waals surface area contributed by atoms with Gasteiger partial charge in [0.05, 0.1) is 28.4 Å². The zero-order valence-corrected chi connectivity index (χ0v) is 18.9. The lowest BCUT2D eigenvalue weighted by atomic mass is 9.92. The first kappa shape index (κ1) is 20.3. The van der Waals surface area contributed by atoms with E-state index in [4.69, 9.17) is 9.51 Å². The third kappa shape index (κ3) is 3.33. The number of nitrogens with zero attached hydrogens (tertiary/aromatic N) is 5. The van der Waals surface area contributed by atoms with Gasteiger partial charge >= 0.3 is 0 Å². The van der Waals surface area contributed by atoms with E-state index >= 15 is 0 Å². The normalized spacial score (nSPS) is 14.8. The second-order valence-electron chi connectivity index (χ2n) is 8.56. The van der Waals surface area contributed by atoms with Crippen molar-refractivity contribution in [3.05, 3.63) is 52.9 Å². The average Bonchev–Trinajstić information content (AvgIpc) is 3.36. The standard InChI is InChI=1S/C25H26N6O/c1-15-18(14-26)6-5-7-20(15)21-12-19(23-16(2)29-32-17(23)3)13-22-24(21)28-25(27-22)31-10-8-30(4)9-11-31/h5-7,12-13H,8-11H2,1-4H3,(H,27,28). The molecule has 1 aliphatic rings. The maximum atomic E-state index is 9.57. The summed E-state index contributed by atoms with van der Waals surface area (Å²) in [6.07, 6.45) is 0. The average molecular weight is 427 g/mol. The Morgan fingerprint density at radius 3 is 2.53 bits per heavy atom. The van der Waals surface area contributed by atoms with Crippen molar-refractivity contribution >= 4 is 17.0 Å². The van der Waals surface area contributed by atoms with Gasteiger partial charge in [-0.05, 0) is 62.7 Å². The summed E-state index contributed by atoms with van der Waals surface area (Å²) in [5.74, 6) is 1.67. The first-order chi connectivity index (χ1) is 15.5. The summed E-state index contributed by atoms with van der Waals surface area (Å²) in [7, 11) is 2.15. The fraction of sp³-hybridized carbons (Fsp3) is 0.320. The molecule has 2 aromatic heterocycles. The van der Waals surface area contributed by atoms with Gasteiger partial charge in [-0.1, -0.05) is 17.3 Å². The van der Waals surface area contributed by atoms with E-state index in [2.05, 4.69) is 51.3 Å². The van der Waals surface area contributed by atoms with Gasteiger partial charge in [0.1, 0.15) is 5.76 Å². The highest BCUT2D eigenvalue weighted by Gasteiger charge is 2.21. The van der Waals surface area contributed by atoms with Crippen LogP contribution in [-0.2, 0) is 0 Å². The van der Waals surface area contributed by atoms with E-state index < -0.39 is 0 Å². The number of rotatable bonds is 3. The molecule has 7 heteroatoms. The van der Waals surface area contributed by atoms with Crippen LogP contribution in [0.2, 0.25) is 0 Å². The van der Waals surface area contributed by atoms with Crippen molar-refractivity contribution < 1.29 is 4.52 Å². The number of aromatic amines is 1. The number of aryl methyl sites for hydroxylation is 2. The van der Waals surface area contributed by atoms with Crippen LogP contribution >= 0.6 is 0 Å². The van der Waals surface area contributed by atoms with Crippen molar-refractivity contribution in [3.8, 4) is 28.3 Å². The van der Waals surface area contributed by atoms with Gasteiger partial charge < -0.3 is 19.3 Å². The van der Waals surface area contributed by atoms with Crippen LogP contribution in [0.25, 0.3) is 33.3 Å². The van der Waals surface area contributed by atoms with Crippen LogP contribution in [0.4, 0.5) is 5.95 Å². The molecule has 0 amide bonds. The number of nitriles is 1. The first-order valence-corrected chi connectivity index (χ1v) is 10.9. The molecule has 0 aliphatic carbocycles. The Bertz CT molecular complexity index is 1330. The van der Waals surface area contributed by atoms with Crippen LogP contribution in [0, 0.1) is 32.1 Å². The largest absolute Gasteiger partial charge is 0.361 e. The molecule has 0 saturated carbocycles. The number of H-pyrrole nitrogens is 1. The maximum Gasteiger partial charge on any atom is 0.203 e. The predicted molar refractivity (Wildman–Crippen MR) is 126 cm³/mol. The summed E-state index contributed by atoms with van der Waals surface area (Å²) in [5, 5.41) is 13.7. The van der Waals surface area contributed by atoms with Gasteiger partial charge in [0, 0.05) is 37.3 Å². The fourth-order valence-corrected chi connectivity index (χ4v) is 4.57. The molecule has 0 spiro atoms. The summed E-state index contributed by atoms with van der Waals surface area (Å²) >= 11 is 0. The Hall–Kier alpha value is -3.63. The summed E-state index contributed by atoms with van der Waals surface area (Å²) in [5.41, 5.74) is 8.40. The van der Waals surface area contributed by atoms with Gasteiger partial charge in [-0.25, -0.2) is 4.98 Å². The summed E-state index contributed by atoms with van der Waals surface area (Å²) in [6.45, 7) is 9.78.